The molecule has 4 nitrogen and oxygen atoms in total. The van der Waals surface area contributed by atoms with Crippen molar-refractivity contribution in [1.29, 1.82) is 0 Å². The molecule has 0 radical (unpaired) electrons. The van der Waals surface area contributed by atoms with Gasteiger partial charge in [-0.25, -0.2) is 0 Å². The van der Waals surface area contributed by atoms with E-state index >= 15 is 0 Å². The third-order valence-electron chi connectivity index (χ3n) is 3.92. The van der Waals surface area contributed by atoms with Crippen LogP contribution in [0.3, 0.4) is 0 Å². The van der Waals surface area contributed by atoms with Crippen molar-refractivity contribution in [2.24, 2.45) is 5.73 Å². The molecule has 0 aromatic carbocycles. The maximum Gasteiger partial charge on any atom is 0.249 e. The maximum absolute atomic E-state index is 11.2. The number of amides is 1. The molecule has 0 spiro atoms. The summed E-state index contributed by atoms with van der Waals surface area (Å²) in [4.78, 5) is 17.2. The van der Waals surface area contributed by atoms with E-state index in [1.54, 1.807) is 11.3 Å². The van der Waals surface area contributed by atoms with E-state index in [0.717, 1.165) is 17.7 Å². The molecule has 0 saturated carbocycles. The highest BCUT2D eigenvalue weighted by Crippen LogP contribution is 2.17. The molecule has 116 valence electrons. The van der Waals surface area contributed by atoms with Gasteiger partial charge in [0.05, 0.1) is 5.56 Å². The van der Waals surface area contributed by atoms with Crippen LogP contribution in [0.5, 0.6) is 0 Å². The highest BCUT2D eigenvalue weighted by molar-refractivity contribution is 7.10. The number of thiophene rings is 1. The minimum absolute atomic E-state index is 0.324. The van der Waals surface area contributed by atoms with Crippen LogP contribution in [0.4, 0.5) is 0 Å². The van der Waals surface area contributed by atoms with E-state index in [1.165, 1.54) is 39.1 Å². The molecule has 21 heavy (non-hydrogen) atoms. The molecule has 2 heterocycles. The fourth-order valence-electron chi connectivity index (χ4n) is 2.53. The second-order valence-electron chi connectivity index (χ2n) is 5.58. The number of nitrogens with zero attached hydrogens (tertiary/aromatic N) is 2. The number of unbranched alkanes of at least 4 members (excludes halogenated alkanes) is 1. The van der Waals surface area contributed by atoms with Crippen molar-refractivity contribution in [3.63, 3.8) is 0 Å². The highest BCUT2D eigenvalue weighted by atomic mass is 32.1. The van der Waals surface area contributed by atoms with E-state index in [1.807, 2.05) is 11.4 Å². The predicted molar refractivity (Wildman–Crippen MR) is 88.9 cm³/mol. The molecule has 0 bridgehead atoms. The lowest BCUT2D eigenvalue weighted by Gasteiger charge is -2.32. The molecule has 1 fully saturated rings. The number of hydrogen-bond acceptors (Lipinski definition) is 4. The summed E-state index contributed by atoms with van der Waals surface area (Å²) in [6, 6.07) is 1.81. The van der Waals surface area contributed by atoms with Crippen molar-refractivity contribution >= 4 is 17.2 Å². The molecule has 1 aliphatic rings. The number of carbonyl (C=O) groups excluding carboxylic acids is 1. The van der Waals surface area contributed by atoms with Crippen LogP contribution >= 0.6 is 11.3 Å². The van der Waals surface area contributed by atoms with Crippen LogP contribution in [0, 0.1) is 0 Å². The summed E-state index contributed by atoms with van der Waals surface area (Å²) in [5.74, 6) is -0.324. The van der Waals surface area contributed by atoms with E-state index < -0.39 is 0 Å². The number of primary amides is 1. The molecular weight excluding hydrogens is 282 g/mol. The number of likely N-dealkylation sites (N-methyl/N-ethyl adjacent to an activating group) is 1. The molecule has 2 N–H and O–H groups in total. The molecule has 0 aliphatic carbocycles. The zero-order chi connectivity index (χ0) is 15.1. The molecule has 1 aromatic heterocycles. The van der Waals surface area contributed by atoms with E-state index in [9.17, 15) is 4.79 Å². The molecule has 1 aliphatic heterocycles. The van der Waals surface area contributed by atoms with Gasteiger partial charge in [-0.05, 0) is 37.9 Å². The summed E-state index contributed by atoms with van der Waals surface area (Å²) in [5.41, 5.74) is 6.01. The van der Waals surface area contributed by atoms with Crippen LogP contribution in [0.15, 0.2) is 23.6 Å². The molecular formula is C16H25N3OS. The quantitative estimate of drug-likeness (QED) is 0.619. The summed E-state index contributed by atoms with van der Waals surface area (Å²) >= 11 is 1.60. The fourth-order valence-corrected chi connectivity index (χ4v) is 3.39. The summed E-state index contributed by atoms with van der Waals surface area (Å²) in [7, 11) is 2.19. The van der Waals surface area contributed by atoms with Crippen molar-refractivity contribution in [2.75, 3.05) is 39.8 Å². The Labute approximate surface area is 131 Å². The minimum Gasteiger partial charge on any atom is -0.366 e. The van der Waals surface area contributed by atoms with E-state index in [4.69, 9.17) is 5.73 Å². The first-order valence-electron chi connectivity index (χ1n) is 7.59. The average molecular weight is 307 g/mol. The zero-order valence-electron chi connectivity index (χ0n) is 12.8. The number of nitrogens with two attached hydrogens (primary N) is 1. The standard InChI is InChI=1S/C16H25N3OS/c1-18-9-11-19(12-10-18)8-5-3-2-4-6-15-14(16(17)20)7-13-21-15/h2,4,7,13H,3,5-6,8-12H2,1H3,(H2,17,20)/b4-2-. The normalized spacial score (nSPS) is 17.6. The van der Waals surface area contributed by atoms with Gasteiger partial charge in [-0.2, -0.15) is 0 Å². The van der Waals surface area contributed by atoms with Gasteiger partial charge < -0.3 is 15.5 Å². The topological polar surface area (TPSA) is 49.6 Å². The Kier molecular flexibility index (Phi) is 6.42. The van der Waals surface area contributed by atoms with Crippen molar-refractivity contribution < 1.29 is 4.79 Å². The van der Waals surface area contributed by atoms with Crippen molar-refractivity contribution in [3.8, 4) is 0 Å². The maximum atomic E-state index is 11.2. The van der Waals surface area contributed by atoms with Gasteiger partial charge in [0.25, 0.3) is 0 Å². The first-order chi connectivity index (χ1) is 10.2. The Balaban J connectivity index is 1.62. The predicted octanol–water partition coefficient (Wildman–Crippen LogP) is 1.97. The third-order valence-corrected chi connectivity index (χ3v) is 4.87. The summed E-state index contributed by atoms with van der Waals surface area (Å²) in [6.07, 6.45) is 7.49. The van der Waals surface area contributed by atoms with Gasteiger partial charge >= 0.3 is 0 Å². The number of hydrogen-bond donors (Lipinski definition) is 1. The van der Waals surface area contributed by atoms with Crippen LogP contribution in [0.2, 0.25) is 0 Å². The lowest BCUT2D eigenvalue weighted by Crippen LogP contribution is -2.44. The average Bonchev–Trinajstić information content (AvgIpc) is 2.93. The van der Waals surface area contributed by atoms with Crippen LogP contribution in [-0.4, -0.2) is 55.5 Å². The second-order valence-corrected chi connectivity index (χ2v) is 6.59. The van der Waals surface area contributed by atoms with Crippen LogP contribution in [0.25, 0.3) is 0 Å². The van der Waals surface area contributed by atoms with Gasteiger partial charge in [0.15, 0.2) is 0 Å². The number of allylic oxidation sites excluding steroid dienone is 2. The minimum atomic E-state index is -0.324. The molecule has 0 unspecified atom stereocenters. The van der Waals surface area contributed by atoms with Crippen molar-refractivity contribution in [1.82, 2.24) is 9.80 Å². The van der Waals surface area contributed by atoms with Gasteiger partial charge in [0.2, 0.25) is 5.91 Å². The van der Waals surface area contributed by atoms with Crippen LogP contribution in [-0.2, 0) is 6.42 Å². The Morgan fingerprint density at radius 2 is 2.10 bits per heavy atom. The van der Waals surface area contributed by atoms with Crippen LogP contribution < -0.4 is 5.73 Å². The first kappa shape index (κ1) is 16.2. The van der Waals surface area contributed by atoms with Crippen LogP contribution in [0.1, 0.15) is 28.1 Å². The Morgan fingerprint density at radius 1 is 1.33 bits per heavy atom. The van der Waals surface area contributed by atoms with Gasteiger partial charge in [0.1, 0.15) is 0 Å². The van der Waals surface area contributed by atoms with E-state index in [-0.39, 0.29) is 5.91 Å². The Hall–Kier alpha value is -1.17. The van der Waals surface area contributed by atoms with Gasteiger partial charge in [-0.1, -0.05) is 12.2 Å². The smallest absolute Gasteiger partial charge is 0.249 e. The first-order valence-corrected chi connectivity index (χ1v) is 8.47. The number of carbonyl (C=O) groups is 1. The Morgan fingerprint density at radius 3 is 2.81 bits per heavy atom. The van der Waals surface area contributed by atoms with Gasteiger partial charge in [-0.15, -0.1) is 11.3 Å². The summed E-state index contributed by atoms with van der Waals surface area (Å²) < 4.78 is 0. The molecule has 1 aromatic rings. The molecule has 1 amide bonds. The lowest BCUT2D eigenvalue weighted by molar-refractivity contribution is 0.1000. The van der Waals surface area contributed by atoms with Gasteiger partial charge in [-0.3, -0.25) is 4.79 Å². The lowest BCUT2D eigenvalue weighted by atomic mass is 10.2. The van der Waals surface area contributed by atoms with E-state index in [2.05, 4.69) is 29.0 Å². The Bertz CT molecular complexity index is 476. The monoisotopic (exact) mass is 307 g/mol. The zero-order valence-corrected chi connectivity index (χ0v) is 13.6. The fraction of sp³-hybridized carbons (Fsp3) is 0.562. The molecule has 0 atom stereocenters. The summed E-state index contributed by atoms with van der Waals surface area (Å²) in [5, 5.41) is 1.93. The van der Waals surface area contributed by atoms with Crippen molar-refractivity contribution in [3.05, 3.63) is 34.0 Å². The molecule has 5 heteroatoms. The largest absolute Gasteiger partial charge is 0.366 e. The number of piperazine rings is 1. The van der Waals surface area contributed by atoms with Crippen molar-refractivity contribution in [2.45, 2.75) is 19.3 Å². The number of rotatable bonds is 7. The SMILES string of the molecule is CN1CCN(CCC/C=C\Cc2sccc2C(N)=O)CC1. The third kappa shape index (κ3) is 5.26. The van der Waals surface area contributed by atoms with E-state index in [0.29, 0.717) is 5.56 Å². The second kappa shape index (κ2) is 8.32. The van der Waals surface area contributed by atoms with Gasteiger partial charge in [0, 0.05) is 37.5 Å². The highest BCUT2D eigenvalue weighted by Gasteiger charge is 2.12. The summed E-state index contributed by atoms with van der Waals surface area (Å²) in [6.45, 7) is 5.94. The molecule has 1 saturated heterocycles. The molecule has 2 rings (SSSR count).